The number of hydrogen-bond donors (Lipinski definition) is 0. The maximum atomic E-state index is 5.45. The fraction of sp³-hybridized carbons (Fsp3) is 0. The first kappa shape index (κ1) is 46.9. The first-order valence-electron chi connectivity index (χ1n) is 27.1. The van der Waals surface area contributed by atoms with Crippen molar-refractivity contribution in [2.24, 2.45) is 0 Å². The summed E-state index contributed by atoms with van der Waals surface area (Å²) in [4.78, 5) is 16.4. The van der Waals surface area contributed by atoms with Crippen LogP contribution in [0, 0.1) is 0 Å². The maximum Gasteiger partial charge on any atom is 0.164 e. The van der Waals surface area contributed by atoms with E-state index in [1.54, 1.807) is 0 Å². The highest BCUT2D eigenvalue weighted by Gasteiger charge is 2.21. The number of hydrogen-bond acceptors (Lipinski definition) is 4. The SMILES string of the molecule is c1ccc(-c2cc(-c3ccccc3)cc(-c3nc(-c4cc(-c5ccccc5)cc(-c5ccccc5)c4)nc(-c4ccc5c(c4)sc4c(-n6c7ccc(-c8ccccc8)cc7c7cc(-c8ccccc8)ccc76)cccc45)n3)c2)cc1. The number of aromatic nitrogens is 4. The average molecular weight is 1040 g/mol. The molecule has 5 heteroatoms. The van der Waals surface area contributed by atoms with Crippen molar-refractivity contribution in [2.45, 2.75) is 0 Å². The predicted octanol–water partition coefficient (Wildman–Crippen LogP) is 20.3. The minimum Gasteiger partial charge on any atom is -0.308 e. The molecule has 374 valence electrons. The Morgan fingerprint density at radius 1 is 0.225 bits per heavy atom. The smallest absolute Gasteiger partial charge is 0.164 e. The van der Waals surface area contributed by atoms with E-state index in [0.717, 1.165) is 71.6 Å². The van der Waals surface area contributed by atoms with Crippen molar-refractivity contribution in [3.63, 3.8) is 0 Å². The molecule has 0 saturated heterocycles. The van der Waals surface area contributed by atoms with E-state index in [2.05, 4.69) is 296 Å². The standard InChI is InChI=1S/C75H48N4S/c1-7-20-49(21-8-1)55-35-38-68-66(46-55)67-47-56(50-22-9-2-10-23-50)36-39-69(67)79(68)70-33-19-32-65-64-37-34-57(48-71(64)80-72(65)70)73-76-74(62-42-58(51-24-11-3-12-25-51)40-59(43-62)52-26-13-4-14-27-52)78-75(77-73)63-44-60(53-28-15-5-16-29-53)41-61(45-63)54-30-17-6-18-31-54/h1-48H. The number of thiophene rings is 1. The van der Waals surface area contributed by atoms with Crippen LogP contribution in [0.5, 0.6) is 0 Å². The quantitative estimate of drug-likeness (QED) is 0.137. The molecule has 12 aromatic carbocycles. The van der Waals surface area contributed by atoms with Gasteiger partial charge in [0, 0.05) is 42.9 Å². The van der Waals surface area contributed by atoms with Gasteiger partial charge in [-0.05, 0) is 140 Å². The van der Waals surface area contributed by atoms with Gasteiger partial charge in [0.25, 0.3) is 0 Å². The minimum absolute atomic E-state index is 0.599. The van der Waals surface area contributed by atoms with Gasteiger partial charge in [-0.1, -0.05) is 218 Å². The third-order valence-electron chi connectivity index (χ3n) is 15.4. The van der Waals surface area contributed by atoms with Crippen molar-refractivity contribution in [3.8, 4) is 107 Å². The molecule has 0 bridgehead atoms. The van der Waals surface area contributed by atoms with Crippen molar-refractivity contribution in [2.75, 3.05) is 0 Å². The molecule has 15 aromatic rings. The van der Waals surface area contributed by atoms with Crippen LogP contribution in [0.4, 0.5) is 0 Å². The van der Waals surface area contributed by atoms with Gasteiger partial charge in [-0.2, -0.15) is 0 Å². The van der Waals surface area contributed by atoms with Gasteiger partial charge >= 0.3 is 0 Å². The Bertz CT molecular complexity index is 4430. The van der Waals surface area contributed by atoms with Crippen LogP contribution in [-0.4, -0.2) is 19.5 Å². The summed E-state index contributed by atoms with van der Waals surface area (Å²) in [6, 6.07) is 104. The Labute approximate surface area is 467 Å². The zero-order valence-corrected chi connectivity index (χ0v) is 44.2. The van der Waals surface area contributed by atoms with Gasteiger partial charge in [0.2, 0.25) is 0 Å². The molecule has 0 aliphatic rings. The van der Waals surface area contributed by atoms with Crippen molar-refractivity contribution in [3.05, 3.63) is 291 Å². The van der Waals surface area contributed by atoms with E-state index in [1.165, 1.54) is 59.5 Å². The molecule has 15 rings (SSSR count). The van der Waals surface area contributed by atoms with Crippen molar-refractivity contribution in [1.82, 2.24) is 19.5 Å². The Morgan fingerprint density at radius 2 is 0.575 bits per heavy atom. The number of benzene rings is 12. The van der Waals surface area contributed by atoms with Crippen LogP contribution in [0.3, 0.4) is 0 Å². The number of fused-ring (bicyclic) bond motifs is 6. The molecule has 0 N–H and O–H groups in total. The second kappa shape index (κ2) is 19.9. The molecule has 0 amide bonds. The number of rotatable bonds is 10. The molecule has 0 aliphatic heterocycles. The molecule has 0 fully saturated rings. The summed E-state index contributed by atoms with van der Waals surface area (Å²) in [6.45, 7) is 0. The van der Waals surface area contributed by atoms with E-state index in [4.69, 9.17) is 15.0 Å². The molecule has 3 aromatic heterocycles. The van der Waals surface area contributed by atoms with Crippen LogP contribution in [0.15, 0.2) is 291 Å². The van der Waals surface area contributed by atoms with Crippen LogP contribution < -0.4 is 0 Å². The zero-order chi connectivity index (χ0) is 52.9. The molecule has 0 spiro atoms. The summed E-state index contributed by atoms with van der Waals surface area (Å²) in [7, 11) is 0. The van der Waals surface area contributed by atoms with Gasteiger partial charge in [0.1, 0.15) is 0 Å². The normalized spacial score (nSPS) is 11.5. The lowest BCUT2D eigenvalue weighted by molar-refractivity contribution is 1.07. The molecular weight excluding hydrogens is 989 g/mol. The van der Waals surface area contributed by atoms with E-state index >= 15 is 0 Å². The summed E-state index contributed by atoms with van der Waals surface area (Å²) in [5.74, 6) is 1.80. The van der Waals surface area contributed by atoms with Gasteiger partial charge in [-0.3, -0.25) is 0 Å². The Hall–Kier alpha value is -10.3. The second-order valence-electron chi connectivity index (χ2n) is 20.4. The largest absolute Gasteiger partial charge is 0.308 e. The molecule has 0 saturated carbocycles. The summed E-state index contributed by atoms with van der Waals surface area (Å²) in [6.07, 6.45) is 0. The summed E-state index contributed by atoms with van der Waals surface area (Å²) in [5, 5.41) is 4.84. The molecule has 80 heavy (non-hydrogen) atoms. The minimum atomic E-state index is 0.599. The first-order valence-corrected chi connectivity index (χ1v) is 27.9. The Balaban J connectivity index is 0.926. The molecule has 4 nitrogen and oxygen atoms in total. The molecule has 0 unspecified atom stereocenters. The van der Waals surface area contributed by atoms with Crippen LogP contribution in [0.2, 0.25) is 0 Å². The van der Waals surface area contributed by atoms with Crippen LogP contribution in [0.1, 0.15) is 0 Å². The molecule has 0 atom stereocenters. The highest BCUT2D eigenvalue weighted by atomic mass is 32.1. The van der Waals surface area contributed by atoms with E-state index in [0.29, 0.717) is 17.5 Å². The van der Waals surface area contributed by atoms with E-state index in [1.807, 2.05) is 11.3 Å². The molecule has 0 aliphatic carbocycles. The van der Waals surface area contributed by atoms with Gasteiger partial charge in [-0.25, -0.2) is 15.0 Å². The third-order valence-corrected chi connectivity index (χ3v) is 16.6. The van der Waals surface area contributed by atoms with E-state index < -0.39 is 0 Å². The summed E-state index contributed by atoms with van der Waals surface area (Å²) >= 11 is 1.82. The second-order valence-corrected chi connectivity index (χ2v) is 21.4. The van der Waals surface area contributed by atoms with Crippen molar-refractivity contribution in [1.29, 1.82) is 0 Å². The fourth-order valence-electron chi connectivity index (χ4n) is 11.5. The highest BCUT2D eigenvalue weighted by molar-refractivity contribution is 7.26. The maximum absolute atomic E-state index is 5.45. The number of nitrogens with zero attached hydrogens (tertiary/aromatic N) is 4. The summed E-state index contributed by atoms with van der Waals surface area (Å²) < 4.78 is 4.84. The monoisotopic (exact) mass is 1040 g/mol. The van der Waals surface area contributed by atoms with Crippen molar-refractivity contribution >= 4 is 53.3 Å². The lowest BCUT2D eigenvalue weighted by Gasteiger charge is -2.14. The fourth-order valence-corrected chi connectivity index (χ4v) is 12.7. The van der Waals surface area contributed by atoms with Gasteiger partial charge in [-0.15, -0.1) is 11.3 Å². The molecule has 0 radical (unpaired) electrons. The van der Waals surface area contributed by atoms with E-state index in [-0.39, 0.29) is 0 Å². The molecule has 3 heterocycles. The lowest BCUT2D eigenvalue weighted by Crippen LogP contribution is -2.01. The highest BCUT2D eigenvalue weighted by Crippen LogP contribution is 2.44. The Kier molecular flexibility index (Phi) is 11.7. The topological polar surface area (TPSA) is 43.6 Å². The van der Waals surface area contributed by atoms with E-state index in [9.17, 15) is 0 Å². The van der Waals surface area contributed by atoms with Crippen LogP contribution in [0.25, 0.3) is 149 Å². The van der Waals surface area contributed by atoms with Crippen molar-refractivity contribution < 1.29 is 0 Å². The first-order chi connectivity index (χ1) is 39.6. The third kappa shape index (κ3) is 8.63. The average Bonchev–Trinajstić information content (AvgIpc) is 4.31. The van der Waals surface area contributed by atoms with Gasteiger partial charge in [0.05, 0.1) is 21.4 Å². The van der Waals surface area contributed by atoms with Gasteiger partial charge < -0.3 is 4.57 Å². The predicted molar refractivity (Wildman–Crippen MR) is 336 cm³/mol. The van der Waals surface area contributed by atoms with Gasteiger partial charge in [0.15, 0.2) is 17.5 Å². The zero-order valence-electron chi connectivity index (χ0n) is 43.4. The van der Waals surface area contributed by atoms with Crippen LogP contribution in [-0.2, 0) is 0 Å². The van der Waals surface area contributed by atoms with Crippen LogP contribution >= 0.6 is 11.3 Å². The lowest BCUT2D eigenvalue weighted by atomic mass is 9.95. The summed E-state index contributed by atoms with van der Waals surface area (Å²) in [5.41, 5.74) is 19.8. The molecular formula is C75H48N4S. The Morgan fingerprint density at radius 3 is 0.975 bits per heavy atom.